The number of aliphatic hydroxyl groups is 1. The summed E-state index contributed by atoms with van der Waals surface area (Å²) in [7, 11) is 1.68. The normalized spacial score (nSPS) is 20.6. The minimum absolute atomic E-state index is 0. The van der Waals surface area contributed by atoms with Crippen LogP contribution in [0.25, 0.3) is 5.65 Å². The Morgan fingerprint density at radius 3 is 2.92 bits per heavy atom. The lowest BCUT2D eigenvalue weighted by Gasteiger charge is -2.23. The molecule has 0 saturated carbocycles. The van der Waals surface area contributed by atoms with Crippen molar-refractivity contribution in [2.24, 2.45) is 0 Å². The van der Waals surface area contributed by atoms with Gasteiger partial charge in [0.2, 0.25) is 0 Å². The van der Waals surface area contributed by atoms with Gasteiger partial charge in [-0.15, -0.1) is 24.0 Å². The highest BCUT2D eigenvalue weighted by molar-refractivity contribution is 14.0. The number of benzene rings is 1. The number of hydrogen-bond donors (Lipinski definition) is 1. The molecule has 1 saturated heterocycles. The van der Waals surface area contributed by atoms with Gasteiger partial charge in [-0.1, -0.05) is 18.2 Å². The number of aromatic nitrogens is 2. The Kier molecular flexibility index (Phi) is 5.61. The molecule has 1 fully saturated rings. The molecule has 1 aromatic carbocycles. The van der Waals surface area contributed by atoms with E-state index in [0.717, 1.165) is 30.1 Å². The average Bonchev–Trinajstić information content (AvgIpc) is 3.17. The highest BCUT2D eigenvalue weighted by Gasteiger charge is 2.32. The van der Waals surface area contributed by atoms with Crippen molar-refractivity contribution in [3.8, 4) is 5.75 Å². The van der Waals surface area contributed by atoms with Gasteiger partial charge in [0.05, 0.1) is 18.9 Å². The summed E-state index contributed by atoms with van der Waals surface area (Å²) in [6.45, 7) is 1.39. The summed E-state index contributed by atoms with van der Waals surface area (Å²) >= 11 is 0. The molecule has 5 nitrogen and oxygen atoms in total. The minimum atomic E-state index is -0.307. The van der Waals surface area contributed by atoms with Crippen LogP contribution in [0.4, 0.5) is 0 Å². The number of rotatable bonds is 4. The molecule has 0 bridgehead atoms. The van der Waals surface area contributed by atoms with Crippen LogP contribution in [0.3, 0.4) is 0 Å². The maximum atomic E-state index is 10.2. The molecule has 0 radical (unpaired) electrons. The summed E-state index contributed by atoms with van der Waals surface area (Å²) in [6.07, 6.45) is 4.49. The maximum Gasteiger partial charge on any atom is 0.137 e. The van der Waals surface area contributed by atoms with Crippen molar-refractivity contribution < 1.29 is 9.84 Å². The molecule has 6 heteroatoms. The van der Waals surface area contributed by atoms with Crippen molar-refractivity contribution in [3.05, 3.63) is 66.1 Å². The Bertz CT molecular complexity index is 818. The van der Waals surface area contributed by atoms with Crippen LogP contribution >= 0.6 is 24.0 Å². The lowest BCUT2D eigenvalue weighted by molar-refractivity contribution is 0.172. The quantitative estimate of drug-likeness (QED) is 0.619. The lowest BCUT2D eigenvalue weighted by atomic mass is 10.0. The van der Waals surface area contributed by atoms with Crippen LogP contribution in [0.5, 0.6) is 5.75 Å². The molecular weight excluding hydrogens is 429 g/mol. The summed E-state index contributed by atoms with van der Waals surface area (Å²) in [6, 6.07) is 14.3. The Hall–Kier alpha value is -1.64. The molecule has 0 aliphatic carbocycles. The Morgan fingerprint density at radius 1 is 1.24 bits per heavy atom. The molecule has 0 amide bonds. The number of imidazole rings is 1. The molecule has 1 N–H and O–H groups in total. The standard InChI is InChI=1S/C19H21N3O2.HI/c1-24-17-6-4-5-14(9-17)18-10-16(23)13-22(18)12-15-11-21-8-3-2-7-19(21)20-15;/h2-9,11,16,18,23H,10,12-13H2,1H3;1H. The number of β-amino-alcohol motifs (C(OH)–C–C–N with tert-alkyl or cyclic N) is 1. The number of pyridine rings is 1. The molecule has 132 valence electrons. The monoisotopic (exact) mass is 451 g/mol. The third kappa shape index (κ3) is 3.80. The molecule has 0 spiro atoms. The molecule has 3 aromatic rings. The van der Waals surface area contributed by atoms with Crippen molar-refractivity contribution in [3.63, 3.8) is 0 Å². The first-order valence-electron chi connectivity index (χ1n) is 8.21. The van der Waals surface area contributed by atoms with Crippen LogP contribution < -0.4 is 4.74 Å². The fraction of sp³-hybridized carbons (Fsp3) is 0.316. The number of nitrogens with zero attached hydrogens (tertiary/aromatic N) is 3. The van der Waals surface area contributed by atoms with E-state index in [9.17, 15) is 5.11 Å². The van der Waals surface area contributed by atoms with Crippen molar-refractivity contribution in [1.29, 1.82) is 0 Å². The van der Waals surface area contributed by atoms with Crippen LogP contribution in [-0.2, 0) is 6.54 Å². The fourth-order valence-corrected chi connectivity index (χ4v) is 3.52. The van der Waals surface area contributed by atoms with Gasteiger partial charge < -0.3 is 14.2 Å². The van der Waals surface area contributed by atoms with E-state index in [1.807, 2.05) is 40.9 Å². The highest BCUT2D eigenvalue weighted by atomic mass is 127. The second kappa shape index (κ2) is 7.72. The van der Waals surface area contributed by atoms with Gasteiger partial charge in [0.15, 0.2) is 0 Å². The number of ether oxygens (including phenoxy) is 1. The number of likely N-dealkylation sites (tertiary alicyclic amines) is 1. The Labute approximate surface area is 164 Å². The predicted octanol–water partition coefficient (Wildman–Crippen LogP) is 3.27. The smallest absolute Gasteiger partial charge is 0.137 e. The topological polar surface area (TPSA) is 50.0 Å². The molecule has 4 rings (SSSR count). The van der Waals surface area contributed by atoms with E-state index in [2.05, 4.69) is 28.2 Å². The van der Waals surface area contributed by atoms with E-state index in [1.54, 1.807) is 7.11 Å². The first-order valence-corrected chi connectivity index (χ1v) is 8.21. The maximum absolute atomic E-state index is 10.2. The van der Waals surface area contributed by atoms with Crippen LogP contribution in [0, 0.1) is 0 Å². The summed E-state index contributed by atoms with van der Waals surface area (Å²) in [5, 5.41) is 10.2. The van der Waals surface area contributed by atoms with Crippen LogP contribution in [0.1, 0.15) is 23.7 Å². The first-order chi connectivity index (χ1) is 11.7. The van der Waals surface area contributed by atoms with Gasteiger partial charge in [-0.05, 0) is 36.2 Å². The van der Waals surface area contributed by atoms with Gasteiger partial charge in [-0.25, -0.2) is 4.98 Å². The fourth-order valence-electron chi connectivity index (χ4n) is 3.52. The van der Waals surface area contributed by atoms with Crippen LogP contribution in [-0.4, -0.2) is 39.1 Å². The van der Waals surface area contributed by atoms with Crippen molar-refractivity contribution in [2.45, 2.75) is 25.1 Å². The molecule has 1 aliphatic heterocycles. The third-order valence-electron chi connectivity index (χ3n) is 4.64. The lowest BCUT2D eigenvalue weighted by Crippen LogP contribution is -2.24. The Balaban J connectivity index is 0.00000182. The average molecular weight is 451 g/mol. The summed E-state index contributed by atoms with van der Waals surface area (Å²) in [5.74, 6) is 0.849. The zero-order valence-electron chi connectivity index (χ0n) is 14.1. The van der Waals surface area contributed by atoms with E-state index < -0.39 is 0 Å². The second-order valence-corrected chi connectivity index (χ2v) is 6.31. The summed E-state index contributed by atoms with van der Waals surface area (Å²) in [5.41, 5.74) is 3.14. The van der Waals surface area contributed by atoms with Crippen molar-refractivity contribution in [1.82, 2.24) is 14.3 Å². The van der Waals surface area contributed by atoms with Gasteiger partial charge in [0.25, 0.3) is 0 Å². The molecule has 25 heavy (non-hydrogen) atoms. The van der Waals surface area contributed by atoms with Crippen LogP contribution in [0.2, 0.25) is 0 Å². The van der Waals surface area contributed by atoms with E-state index >= 15 is 0 Å². The molecule has 2 aromatic heterocycles. The Morgan fingerprint density at radius 2 is 2.12 bits per heavy atom. The van der Waals surface area contributed by atoms with Crippen molar-refractivity contribution >= 4 is 29.6 Å². The SMILES string of the molecule is COc1cccc(C2CC(O)CN2Cc2cn3ccccc3n2)c1.I. The van der Waals surface area contributed by atoms with E-state index in [4.69, 9.17) is 4.74 Å². The summed E-state index contributed by atoms with van der Waals surface area (Å²) < 4.78 is 7.37. The molecular formula is C19H22IN3O2. The van der Waals surface area contributed by atoms with E-state index in [0.29, 0.717) is 6.54 Å². The largest absolute Gasteiger partial charge is 0.497 e. The molecule has 1 aliphatic rings. The number of halogens is 1. The van der Waals surface area contributed by atoms with E-state index in [-0.39, 0.29) is 36.1 Å². The zero-order valence-corrected chi connectivity index (χ0v) is 16.4. The molecule has 2 atom stereocenters. The predicted molar refractivity (Wildman–Crippen MR) is 107 cm³/mol. The number of fused-ring (bicyclic) bond motifs is 1. The highest BCUT2D eigenvalue weighted by Crippen LogP contribution is 2.34. The van der Waals surface area contributed by atoms with Gasteiger partial charge in [0, 0.05) is 31.5 Å². The third-order valence-corrected chi connectivity index (χ3v) is 4.64. The second-order valence-electron chi connectivity index (χ2n) is 6.31. The minimum Gasteiger partial charge on any atom is -0.497 e. The van der Waals surface area contributed by atoms with Gasteiger partial charge in [0.1, 0.15) is 11.4 Å². The molecule has 3 heterocycles. The molecule has 2 unspecified atom stereocenters. The van der Waals surface area contributed by atoms with Gasteiger partial charge in [-0.3, -0.25) is 4.90 Å². The van der Waals surface area contributed by atoms with E-state index in [1.165, 1.54) is 5.56 Å². The first kappa shape index (κ1) is 18.2. The zero-order chi connectivity index (χ0) is 16.5. The van der Waals surface area contributed by atoms with Crippen molar-refractivity contribution in [2.75, 3.05) is 13.7 Å². The van der Waals surface area contributed by atoms with Gasteiger partial charge in [-0.2, -0.15) is 0 Å². The number of aliphatic hydroxyl groups excluding tert-OH is 1. The van der Waals surface area contributed by atoms with Crippen LogP contribution in [0.15, 0.2) is 54.9 Å². The van der Waals surface area contributed by atoms with Gasteiger partial charge >= 0.3 is 0 Å². The summed E-state index contributed by atoms with van der Waals surface area (Å²) in [4.78, 5) is 6.97. The number of methoxy groups -OCH3 is 1. The number of hydrogen-bond acceptors (Lipinski definition) is 4.